The van der Waals surface area contributed by atoms with E-state index in [9.17, 15) is 48.4 Å². The molecule has 112 heavy (non-hydrogen) atoms. The van der Waals surface area contributed by atoms with E-state index in [1.165, 1.54) is 46.4 Å². The highest BCUT2D eigenvalue weighted by Crippen LogP contribution is 2.46. The average Bonchev–Trinajstić information content (AvgIpc) is 0.815. The Morgan fingerprint density at radius 3 is 1.11 bits per heavy atom. The van der Waals surface area contributed by atoms with Gasteiger partial charge < -0.3 is 112 Å². The van der Waals surface area contributed by atoms with Crippen LogP contribution in [0.3, 0.4) is 0 Å². The van der Waals surface area contributed by atoms with Crippen molar-refractivity contribution in [2.75, 3.05) is 158 Å². The Hall–Kier alpha value is -6.43. The van der Waals surface area contributed by atoms with Crippen molar-refractivity contribution in [2.24, 2.45) is 35.5 Å². The molecule has 0 bridgehead atoms. The van der Waals surface area contributed by atoms with Crippen LogP contribution in [0.2, 0.25) is 0 Å². The van der Waals surface area contributed by atoms with Crippen LogP contribution in [0.25, 0.3) is 0 Å². The van der Waals surface area contributed by atoms with Gasteiger partial charge in [-0.05, 0) is 87.3 Å². The fourth-order valence-corrected chi connectivity index (χ4v) is 14.3. The summed E-state index contributed by atoms with van der Waals surface area (Å²) >= 11 is 0. The predicted octanol–water partition coefficient (Wildman–Crippen LogP) is 3.25. The zero-order chi connectivity index (χ0) is 82.7. The molecule has 638 valence electrons. The van der Waals surface area contributed by atoms with Crippen LogP contribution in [0.15, 0.2) is 24.3 Å². The number of esters is 3. The van der Waals surface area contributed by atoms with Crippen LogP contribution in [-0.2, 0) is 125 Å². The lowest BCUT2D eigenvalue weighted by molar-refractivity contribution is -0.247. The van der Waals surface area contributed by atoms with Crippen molar-refractivity contribution in [3.8, 4) is 11.8 Å². The van der Waals surface area contributed by atoms with Crippen LogP contribution in [0, 0.1) is 46.8 Å². The van der Waals surface area contributed by atoms with E-state index in [4.69, 9.17) is 80.1 Å². The molecule has 3 aliphatic heterocycles. The lowest BCUT2D eigenvalue weighted by Crippen LogP contribution is -2.58. The Balaban J connectivity index is 1.44. The maximum absolute atomic E-state index is 14.7. The van der Waals surface area contributed by atoms with Crippen molar-refractivity contribution in [3.63, 3.8) is 0 Å². The molecule has 0 spiro atoms. The number of nitrogens with zero attached hydrogens (tertiary/aromatic N) is 3. The highest BCUT2D eigenvalue weighted by atomic mass is 31.2. The molecule has 6 amide bonds. The van der Waals surface area contributed by atoms with Gasteiger partial charge in [-0.15, -0.1) is 0 Å². The first-order chi connectivity index (χ1) is 53.4. The molecule has 3 fully saturated rings. The highest BCUT2D eigenvalue weighted by Gasteiger charge is 2.46. The minimum Gasteiger partial charge on any atom is -0.463 e. The topological polar surface area (TPSA) is 413 Å². The minimum atomic E-state index is -1.65. The number of carbonyl (C=O) groups excluding carboxylic acids is 9. The van der Waals surface area contributed by atoms with Gasteiger partial charge in [-0.2, -0.15) is 5.26 Å². The second-order valence-corrected chi connectivity index (χ2v) is 29.9. The number of ether oxygens (including phenoxy) is 15. The van der Waals surface area contributed by atoms with Crippen molar-refractivity contribution in [1.82, 2.24) is 41.5 Å². The van der Waals surface area contributed by atoms with Gasteiger partial charge >= 0.3 is 26.4 Å². The summed E-state index contributed by atoms with van der Waals surface area (Å²) in [7, 11) is -1.65. The number of hydrogen-bond donors (Lipinski definition) is 6. The minimum absolute atomic E-state index is 0.0164. The van der Waals surface area contributed by atoms with E-state index < -0.39 is 119 Å². The quantitative estimate of drug-likeness (QED) is 0.0236. The monoisotopic (exact) mass is 1610 g/mol. The number of rotatable bonds is 55. The molecule has 0 saturated carbocycles. The van der Waals surface area contributed by atoms with Gasteiger partial charge in [0.05, 0.1) is 174 Å². The number of benzene rings is 1. The second kappa shape index (κ2) is 54.4. The van der Waals surface area contributed by atoms with Crippen LogP contribution in [-0.4, -0.2) is 295 Å². The second-order valence-electron chi connectivity index (χ2n) is 28.6. The van der Waals surface area contributed by atoms with Gasteiger partial charge in [0.1, 0.15) is 25.6 Å². The summed E-state index contributed by atoms with van der Waals surface area (Å²) in [5, 5.41) is 26.7. The molecule has 4 rings (SSSR count). The van der Waals surface area contributed by atoms with Gasteiger partial charge in [0.25, 0.3) is 0 Å². The molecular weight excluding hydrogens is 1490 g/mol. The molecule has 36 heteroatoms. The highest BCUT2D eigenvalue weighted by molar-refractivity contribution is 7.45. The van der Waals surface area contributed by atoms with Crippen molar-refractivity contribution >= 4 is 61.9 Å². The normalized spacial score (nSPS) is 24.3. The molecule has 17 unspecified atom stereocenters. The van der Waals surface area contributed by atoms with E-state index in [1.54, 1.807) is 24.3 Å². The third-order valence-corrected chi connectivity index (χ3v) is 21.3. The van der Waals surface area contributed by atoms with E-state index in [2.05, 4.69) is 42.6 Å². The number of amides is 6. The number of nitrogens with one attached hydrogen (secondary N) is 6. The average molecular weight is 1610 g/mol. The van der Waals surface area contributed by atoms with Gasteiger partial charge in [-0.1, -0.05) is 53.7 Å². The summed E-state index contributed by atoms with van der Waals surface area (Å²) in [6.07, 6.45) is -3.66. The lowest BCUT2D eigenvalue weighted by atomic mass is 9.82. The molecule has 1 aromatic rings. The molecule has 0 radical (unpaired) electrons. The van der Waals surface area contributed by atoms with Crippen molar-refractivity contribution in [3.05, 3.63) is 29.8 Å². The maximum Gasteiger partial charge on any atom is 0.321 e. The molecule has 3 heterocycles. The van der Waals surface area contributed by atoms with Gasteiger partial charge in [-0.3, -0.25) is 48.1 Å². The largest absolute Gasteiger partial charge is 0.463 e. The SMILES string of the molecule is CC(=O)NC1C(OCCOCCOCCNC(=O)CN(CC(=O)NCCOCCOCCOC2OC(COC(C)=O)C(C)C(C)C2NC(C)=O)C(Cc2ccc(OP(OCCC#N)N(C(C)C)C(C)C)cc2)C(=O)NCCOCCOCCOC2OC(COC(C)=O)C(C)C(C)C2NC(C)=O)OC(COC(C)=O)C(C)C1C. The first kappa shape index (κ1) is 97.9. The van der Waals surface area contributed by atoms with Crippen LogP contribution >= 0.6 is 8.53 Å². The molecule has 0 aromatic heterocycles. The molecule has 17 atom stereocenters. The van der Waals surface area contributed by atoms with Gasteiger partial charge in [0.2, 0.25) is 35.4 Å². The van der Waals surface area contributed by atoms with Crippen molar-refractivity contribution in [2.45, 2.75) is 197 Å². The summed E-state index contributed by atoms with van der Waals surface area (Å²) in [5.74, 6) is -3.52. The summed E-state index contributed by atoms with van der Waals surface area (Å²) in [6, 6.07) is 6.74. The Bertz CT molecular complexity index is 2890. The lowest BCUT2D eigenvalue weighted by Gasteiger charge is -2.44. The Labute approximate surface area is 661 Å². The molecule has 35 nitrogen and oxygen atoms in total. The van der Waals surface area contributed by atoms with E-state index in [-0.39, 0.29) is 223 Å². The Morgan fingerprint density at radius 1 is 0.455 bits per heavy atom. The smallest absolute Gasteiger partial charge is 0.321 e. The fourth-order valence-electron chi connectivity index (χ4n) is 12.7. The first-order valence-corrected chi connectivity index (χ1v) is 39.9. The van der Waals surface area contributed by atoms with E-state index in [1.807, 2.05) is 69.2 Å². The van der Waals surface area contributed by atoms with Crippen molar-refractivity contribution < 1.29 is 123 Å². The summed E-state index contributed by atoms with van der Waals surface area (Å²) < 4.78 is 102. The van der Waals surface area contributed by atoms with E-state index in [0.717, 1.165) is 0 Å². The van der Waals surface area contributed by atoms with Crippen LogP contribution in [0.1, 0.15) is 123 Å². The Kier molecular flexibility index (Phi) is 47.6. The fraction of sp³-hybridized carbons (Fsp3) is 0.789. The maximum atomic E-state index is 14.7. The zero-order valence-electron chi connectivity index (χ0n) is 68.5. The summed E-state index contributed by atoms with van der Waals surface area (Å²) in [4.78, 5) is 116. The predicted molar refractivity (Wildman–Crippen MR) is 407 cm³/mol. The standard InChI is InChI=1S/C76H128N9O26P/c1-48(2)85(49(3)4)112(107-26-17-22-77)111-63-20-18-62(19-21-63)42-64(73(94)80-25-29-97-32-35-100-38-41-103-76-72(83-58(13)88)55(10)52(7)67(110-76)47-106-61(16)91)84(43-68(92)78-23-27-95-30-33-98-36-39-101-74-70(81-56(11)86)53(8)50(5)65(108-74)45-104-59(14)89)44-69(93)79-24-28-96-31-34-99-37-40-102-75-71(82-57(12)87)54(9)51(6)66(109-75)46-105-60(15)90/h18-21,48-55,64-67,70-72,74-76H,17,23-47H2,1-16H3,(H,78,92)(H,79,93)(H,80,94)(H,81,86)(H,82,87)(H,83,88). The molecule has 0 aliphatic carbocycles. The third-order valence-electron chi connectivity index (χ3n) is 19.2. The zero-order valence-corrected chi connectivity index (χ0v) is 69.4. The van der Waals surface area contributed by atoms with E-state index in [0.29, 0.717) is 11.3 Å². The van der Waals surface area contributed by atoms with Crippen LogP contribution in [0.4, 0.5) is 0 Å². The third kappa shape index (κ3) is 37.5. The number of nitriles is 1. The number of hydrogen-bond acceptors (Lipinski definition) is 29. The summed E-state index contributed by atoms with van der Waals surface area (Å²) in [5.41, 5.74) is 0.655. The number of carbonyl (C=O) groups is 9. The molecular formula is C76H128N9O26P. The molecule has 6 N–H and O–H groups in total. The first-order valence-electron chi connectivity index (χ1n) is 38.8. The van der Waals surface area contributed by atoms with Gasteiger partial charge in [0.15, 0.2) is 18.9 Å². The molecule has 1 aromatic carbocycles. The molecule has 3 saturated heterocycles. The van der Waals surface area contributed by atoms with Gasteiger partial charge in [-0.25, -0.2) is 4.67 Å². The van der Waals surface area contributed by atoms with Gasteiger partial charge in [0, 0.05) is 73.3 Å². The molecule has 3 aliphatic rings. The van der Waals surface area contributed by atoms with Crippen LogP contribution in [0.5, 0.6) is 5.75 Å². The van der Waals surface area contributed by atoms with Crippen LogP contribution < -0.4 is 36.4 Å². The summed E-state index contributed by atoms with van der Waals surface area (Å²) in [6.45, 7) is 29.7. The Morgan fingerprint density at radius 2 is 0.786 bits per heavy atom. The van der Waals surface area contributed by atoms with Crippen molar-refractivity contribution in [1.29, 1.82) is 5.26 Å². The van der Waals surface area contributed by atoms with E-state index >= 15 is 0 Å².